The third kappa shape index (κ3) is 3.58. The highest BCUT2D eigenvalue weighted by Gasteiger charge is 2.24. The Morgan fingerprint density at radius 1 is 1.17 bits per heavy atom. The molecule has 24 heavy (non-hydrogen) atoms. The lowest BCUT2D eigenvalue weighted by Crippen LogP contribution is -2.44. The number of aromatic nitrogens is 1. The molecule has 0 saturated carbocycles. The summed E-state index contributed by atoms with van der Waals surface area (Å²) in [5.74, 6) is 0.743. The van der Waals surface area contributed by atoms with Gasteiger partial charge < -0.3 is 9.64 Å². The summed E-state index contributed by atoms with van der Waals surface area (Å²) in [6.45, 7) is 7.43. The quantitative estimate of drug-likeness (QED) is 0.802. The van der Waals surface area contributed by atoms with Crippen molar-refractivity contribution in [2.24, 2.45) is 5.92 Å². The van der Waals surface area contributed by atoms with E-state index in [1.165, 1.54) is 30.5 Å². The maximum atomic E-state index is 5.48. The Kier molecular flexibility index (Phi) is 5.01. The number of piperidine rings is 1. The van der Waals surface area contributed by atoms with Gasteiger partial charge in [-0.25, -0.2) is 0 Å². The topological polar surface area (TPSA) is 28.6 Å². The predicted molar refractivity (Wildman–Crippen MR) is 102 cm³/mol. The van der Waals surface area contributed by atoms with Crippen molar-refractivity contribution in [3.63, 3.8) is 0 Å². The first-order valence-electron chi connectivity index (χ1n) is 8.89. The van der Waals surface area contributed by atoms with E-state index in [0.29, 0.717) is 0 Å². The average molecular weight is 390 g/mol. The molecule has 3 heterocycles. The second kappa shape index (κ2) is 7.38. The van der Waals surface area contributed by atoms with Gasteiger partial charge in [0.15, 0.2) is 0 Å². The van der Waals surface area contributed by atoms with Crippen LogP contribution in [0.25, 0.3) is 10.9 Å². The Bertz CT molecular complexity index is 702. The number of ether oxygens (including phenoxy) is 1. The molecule has 4 rings (SSSR count). The van der Waals surface area contributed by atoms with Gasteiger partial charge in [-0.15, -0.1) is 0 Å². The van der Waals surface area contributed by atoms with E-state index in [1.807, 2.05) is 6.20 Å². The number of pyridine rings is 1. The molecular weight excluding hydrogens is 366 g/mol. The first-order valence-corrected chi connectivity index (χ1v) is 9.68. The van der Waals surface area contributed by atoms with Crippen molar-refractivity contribution < 1.29 is 4.74 Å². The molecule has 0 bridgehead atoms. The molecule has 0 spiro atoms. The zero-order valence-electron chi connectivity index (χ0n) is 14.0. The largest absolute Gasteiger partial charge is 0.379 e. The number of morpholine rings is 1. The van der Waals surface area contributed by atoms with Crippen molar-refractivity contribution in [3.05, 3.63) is 34.9 Å². The molecular formula is C19H24BrN3O. The Morgan fingerprint density at radius 3 is 2.92 bits per heavy atom. The van der Waals surface area contributed by atoms with Gasteiger partial charge in [-0.3, -0.25) is 9.88 Å². The van der Waals surface area contributed by atoms with Crippen LogP contribution in [0.5, 0.6) is 0 Å². The summed E-state index contributed by atoms with van der Waals surface area (Å²) in [5, 5.41) is 1.25. The molecule has 0 amide bonds. The molecule has 5 heteroatoms. The number of rotatable bonds is 3. The first kappa shape index (κ1) is 16.3. The van der Waals surface area contributed by atoms with Crippen LogP contribution in [-0.2, 0) is 4.74 Å². The molecule has 1 atom stereocenters. The number of fused-ring (bicyclic) bond motifs is 1. The number of benzene rings is 1. The van der Waals surface area contributed by atoms with E-state index in [1.54, 1.807) is 0 Å². The predicted octanol–water partition coefficient (Wildman–Crippen LogP) is 3.55. The number of nitrogens with zero attached hydrogens (tertiary/aromatic N) is 3. The van der Waals surface area contributed by atoms with Crippen LogP contribution in [0.1, 0.15) is 12.8 Å². The van der Waals surface area contributed by atoms with Crippen LogP contribution >= 0.6 is 15.9 Å². The van der Waals surface area contributed by atoms with E-state index in [-0.39, 0.29) is 0 Å². The van der Waals surface area contributed by atoms with Gasteiger partial charge in [-0.05, 0) is 43.0 Å². The maximum Gasteiger partial charge on any atom is 0.0723 e. The fourth-order valence-corrected chi connectivity index (χ4v) is 4.32. The van der Waals surface area contributed by atoms with Crippen molar-refractivity contribution in [2.75, 3.05) is 50.8 Å². The lowest BCUT2D eigenvalue weighted by molar-refractivity contribution is 0.0296. The summed E-state index contributed by atoms with van der Waals surface area (Å²) >= 11 is 3.60. The molecule has 1 unspecified atom stereocenters. The number of anilines is 1. The third-order valence-corrected chi connectivity index (χ3v) is 5.65. The number of hydrogen-bond donors (Lipinski definition) is 0. The molecule has 2 saturated heterocycles. The Balaban J connectivity index is 1.52. The Morgan fingerprint density at radius 2 is 2.04 bits per heavy atom. The van der Waals surface area contributed by atoms with Crippen LogP contribution in [0.2, 0.25) is 0 Å². The Hall–Kier alpha value is -1.17. The van der Waals surface area contributed by atoms with Crippen LogP contribution in [0.15, 0.2) is 34.9 Å². The molecule has 2 fully saturated rings. The van der Waals surface area contributed by atoms with Crippen LogP contribution in [0.4, 0.5) is 5.69 Å². The van der Waals surface area contributed by atoms with Crippen molar-refractivity contribution in [1.82, 2.24) is 9.88 Å². The fraction of sp³-hybridized carbons (Fsp3) is 0.526. The van der Waals surface area contributed by atoms with E-state index in [2.05, 4.69) is 55.0 Å². The molecule has 4 nitrogen and oxygen atoms in total. The summed E-state index contributed by atoms with van der Waals surface area (Å²) in [7, 11) is 0. The standard InChI is InChI=1S/C19H24BrN3O/c20-16-3-4-18-17(12-16)19(5-6-21-18)23-7-1-2-15(14-23)13-22-8-10-24-11-9-22/h3-6,12,15H,1-2,7-11,13-14H2. The van der Waals surface area contributed by atoms with E-state index in [9.17, 15) is 0 Å². The van der Waals surface area contributed by atoms with E-state index < -0.39 is 0 Å². The van der Waals surface area contributed by atoms with Crippen LogP contribution in [0, 0.1) is 5.92 Å². The highest BCUT2D eigenvalue weighted by molar-refractivity contribution is 9.10. The monoisotopic (exact) mass is 389 g/mol. The van der Waals surface area contributed by atoms with Crippen molar-refractivity contribution >= 4 is 32.5 Å². The first-order chi connectivity index (χ1) is 11.8. The zero-order valence-corrected chi connectivity index (χ0v) is 15.5. The normalized spacial score (nSPS) is 22.9. The summed E-state index contributed by atoms with van der Waals surface area (Å²) < 4.78 is 6.59. The Labute approximate surface area is 151 Å². The fourth-order valence-electron chi connectivity index (χ4n) is 3.96. The molecule has 128 valence electrons. The molecule has 2 aliphatic rings. The van der Waals surface area contributed by atoms with Gasteiger partial charge in [0.25, 0.3) is 0 Å². The molecule has 2 aliphatic heterocycles. The smallest absolute Gasteiger partial charge is 0.0723 e. The van der Waals surface area contributed by atoms with Crippen molar-refractivity contribution in [1.29, 1.82) is 0 Å². The molecule has 0 N–H and O–H groups in total. The summed E-state index contributed by atoms with van der Waals surface area (Å²) in [4.78, 5) is 9.65. The summed E-state index contributed by atoms with van der Waals surface area (Å²) in [6, 6.07) is 8.53. The molecule has 1 aromatic heterocycles. The van der Waals surface area contributed by atoms with Gasteiger partial charge in [-0.2, -0.15) is 0 Å². The van der Waals surface area contributed by atoms with Crippen molar-refractivity contribution in [3.8, 4) is 0 Å². The van der Waals surface area contributed by atoms with Gasteiger partial charge in [-0.1, -0.05) is 15.9 Å². The minimum Gasteiger partial charge on any atom is -0.379 e. The number of hydrogen-bond acceptors (Lipinski definition) is 4. The van der Waals surface area contributed by atoms with E-state index in [0.717, 1.165) is 55.3 Å². The lowest BCUT2D eigenvalue weighted by atomic mass is 9.96. The zero-order chi connectivity index (χ0) is 16.4. The molecule has 1 aromatic carbocycles. The van der Waals surface area contributed by atoms with Crippen LogP contribution in [-0.4, -0.2) is 55.8 Å². The molecule has 2 aromatic rings. The minimum atomic E-state index is 0.743. The second-order valence-corrected chi connectivity index (χ2v) is 7.77. The highest BCUT2D eigenvalue weighted by atomic mass is 79.9. The van der Waals surface area contributed by atoms with Crippen molar-refractivity contribution in [2.45, 2.75) is 12.8 Å². The summed E-state index contributed by atoms with van der Waals surface area (Å²) in [5.41, 5.74) is 2.40. The van der Waals surface area contributed by atoms with Crippen LogP contribution < -0.4 is 4.90 Å². The van der Waals surface area contributed by atoms with E-state index >= 15 is 0 Å². The third-order valence-electron chi connectivity index (χ3n) is 5.16. The summed E-state index contributed by atoms with van der Waals surface area (Å²) in [6.07, 6.45) is 4.55. The van der Waals surface area contributed by atoms with Crippen LogP contribution in [0.3, 0.4) is 0 Å². The highest BCUT2D eigenvalue weighted by Crippen LogP contribution is 2.31. The van der Waals surface area contributed by atoms with Gasteiger partial charge in [0.05, 0.1) is 18.7 Å². The second-order valence-electron chi connectivity index (χ2n) is 6.86. The lowest BCUT2D eigenvalue weighted by Gasteiger charge is -2.38. The average Bonchev–Trinajstić information content (AvgIpc) is 2.62. The van der Waals surface area contributed by atoms with E-state index in [4.69, 9.17) is 4.74 Å². The van der Waals surface area contributed by atoms with Gasteiger partial charge in [0.1, 0.15) is 0 Å². The number of halogens is 1. The molecule has 0 aliphatic carbocycles. The van der Waals surface area contributed by atoms with Gasteiger partial charge in [0.2, 0.25) is 0 Å². The van der Waals surface area contributed by atoms with Gasteiger partial charge in [0, 0.05) is 54.5 Å². The SMILES string of the molecule is Brc1ccc2nccc(N3CCCC(CN4CCOCC4)C3)c2c1. The maximum absolute atomic E-state index is 5.48. The minimum absolute atomic E-state index is 0.743. The van der Waals surface area contributed by atoms with Gasteiger partial charge >= 0.3 is 0 Å². The molecule has 0 radical (unpaired) electrons.